The van der Waals surface area contributed by atoms with Crippen molar-refractivity contribution in [3.8, 4) is 11.1 Å². The van der Waals surface area contributed by atoms with E-state index < -0.39 is 0 Å². The highest BCUT2D eigenvalue weighted by Gasteiger charge is 2.51. The van der Waals surface area contributed by atoms with Gasteiger partial charge in [0.2, 0.25) is 0 Å². The van der Waals surface area contributed by atoms with Gasteiger partial charge in [0.1, 0.15) is 0 Å². The molecule has 0 radical (unpaired) electrons. The molecule has 176 valence electrons. The van der Waals surface area contributed by atoms with Crippen molar-refractivity contribution >= 4 is 29.4 Å². The van der Waals surface area contributed by atoms with E-state index >= 15 is 0 Å². The van der Waals surface area contributed by atoms with Crippen LogP contribution < -0.4 is 20.9 Å². The van der Waals surface area contributed by atoms with Crippen molar-refractivity contribution in [1.82, 2.24) is 20.9 Å². The average molecular weight is 476 g/mol. The molecule has 34 heavy (non-hydrogen) atoms. The zero-order chi connectivity index (χ0) is 23.2. The summed E-state index contributed by atoms with van der Waals surface area (Å²) in [4.78, 5) is 31.5. The number of hydrogen-bond donors (Lipinski definition) is 3. The summed E-state index contributed by atoms with van der Waals surface area (Å²) in [7, 11) is 2.07. The van der Waals surface area contributed by atoms with Gasteiger partial charge in [0.15, 0.2) is 0 Å². The Balaban J connectivity index is 1.30. The first-order valence-electron chi connectivity index (χ1n) is 12.0. The van der Waals surface area contributed by atoms with Gasteiger partial charge < -0.3 is 20.9 Å². The first kappa shape index (κ1) is 21.7. The maximum absolute atomic E-state index is 13.5. The summed E-state index contributed by atoms with van der Waals surface area (Å²) < 4.78 is 0. The molecule has 0 aromatic heterocycles. The van der Waals surface area contributed by atoms with Crippen molar-refractivity contribution in [1.29, 1.82) is 0 Å². The number of hydrogen-bond acceptors (Lipinski definition) is 5. The number of benzene rings is 2. The summed E-state index contributed by atoms with van der Waals surface area (Å²) in [6.07, 6.45) is 1.80. The average Bonchev–Trinajstić information content (AvgIpc) is 3.44. The second-order valence-electron chi connectivity index (χ2n) is 9.55. The number of anilines is 1. The zero-order valence-electron chi connectivity index (χ0n) is 19.2. The molecule has 4 aliphatic heterocycles. The Morgan fingerprint density at radius 3 is 2.71 bits per heavy atom. The van der Waals surface area contributed by atoms with Crippen LogP contribution >= 0.6 is 11.8 Å². The minimum absolute atomic E-state index is 0.0106. The summed E-state index contributed by atoms with van der Waals surface area (Å²) in [6.45, 7) is 2.67. The molecule has 3 fully saturated rings. The van der Waals surface area contributed by atoms with Crippen LogP contribution in [-0.4, -0.2) is 61.0 Å². The quantitative estimate of drug-likeness (QED) is 0.634. The minimum atomic E-state index is -0.157. The topological polar surface area (TPSA) is 76.7 Å². The molecule has 4 atom stereocenters. The summed E-state index contributed by atoms with van der Waals surface area (Å²) in [5.41, 5.74) is 3.88. The molecule has 3 N–H and O–H groups in total. The Hall–Kier alpha value is -2.81. The molecule has 2 aromatic carbocycles. The van der Waals surface area contributed by atoms with E-state index in [1.54, 1.807) is 11.8 Å². The first-order chi connectivity index (χ1) is 16.6. The molecular formula is C26H29N5O2S. The Morgan fingerprint density at radius 1 is 1.09 bits per heavy atom. The molecule has 3 amide bonds. The molecule has 7 nitrogen and oxygen atoms in total. The van der Waals surface area contributed by atoms with Crippen LogP contribution in [0.25, 0.3) is 11.1 Å². The number of nitrogens with one attached hydrogen (secondary N) is 3. The molecule has 6 rings (SSSR count). The Labute approximate surface area is 204 Å². The fourth-order valence-electron chi connectivity index (χ4n) is 5.69. The molecule has 0 spiro atoms. The van der Waals surface area contributed by atoms with E-state index in [1.165, 1.54) is 0 Å². The lowest BCUT2D eigenvalue weighted by atomic mass is 9.86. The van der Waals surface area contributed by atoms with Crippen molar-refractivity contribution in [3.05, 3.63) is 65.2 Å². The third kappa shape index (κ3) is 3.79. The molecule has 4 aliphatic rings. The predicted octanol–water partition coefficient (Wildman–Crippen LogP) is 2.97. The van der Waals surface area contributed by atoms with E-state index in [4.69, 9.17) is 0 Å². The third-order valence-electron chi connectivity index (χ3n) is 7.31. The lowest BCUT2D eigenvalue weighted by Gasteiger charge is -2.45. The number of likely N-dealkylation sites (tertiary alicyclic amines) is 1. The number of carbonyl (C=O) groups excluding carboxylic acids is 2. The van der Waals surface area contributed by atoms with Gasteiger partial charge in [-0.05, 0) is 56.2 Å². The van der Waals surface area contributed by atoms with Crippen molar-refractivity contribution < 1.29 is 9.59 Å². The van der Waals surface area contributed by atoms with Crippen LogP contribution in [0.1, 0.15) is 12.8 Å². The van der Waals surface area contributed by atoms with Crippen LogP contribution in [0, 0.1) is 5.92 Å². The van der Waals surface area contributed by atoms with Crippen LogP contribution in [0.4, 0.5) is 10.5 Å². The van der Waals surface area contributed by atoms with Crippen LogP contribution in [0.15, 0.2) is 65.2 Å². The molecule has 4 heterocycles. The number of thioether (sulfide) groups is 1. The van der Waals surface area contributed by atoms with Gasteiger partial charge in [-0.1, -0.05) is 54.2 Å². The van der Waals surface area contributed by atoms with Crippen LogP contribution in [0.2, 0.25) is 0 Å². The smallest absolute Gasteiger partial charge is 0.326 e. The number of rotatable bonds is 4. The van der Waals surface area contributed by atoms with Gasteiger partial charge in [0, 0.05) is 29.9 Å². The number of likely N-dealkylation sites (N-methyl/N-ethyl adjacent to an activating group) is 1. The fourth-order valence-corrected chi connectivity index (χ4v) is 7.09. The second kappa shape index (κ2) is 8.76. The molecule has 3 saturated heterocycles. The Morgan fingerprint density at radius 2 is 1.91 bits per heavy atom. The minimum Gasteiger partial charge on any atom is -0.347 e. The molecule has 0 aliphatic carbocycles. The van der Waals surface area contributed by atoms with Gasteiger partial charge in [-0.15, -0.1) is 0 Å². The summed E-state index contributed by atoms with van der Waals surface area (Å²) >= 11 is 1.56. The van der Waals surface area contributed by atoms with Crippen LogP contribution in [0.5, 0.6) is 0 Å². The van der Waals surface area contributed by atoms with Gasteiger partial charge in [-0.25, -0.2) is 4.79 Å². The first-order valence-corrected chi connectivity index (χ1v) is 12.9. The highest BCUT2D eigenvalue weighted by atomic mass is 32.2. The summed E-state index contributed by atoms with van der Waals surface area (Å²) in [5.74, 6) is -0.00101. The Bertz CT molecular complexity index is 1150. The molecule has 0 bridgehead atoms. The van der Waals surface area contributed by atoms with E-state index in [0.717, 1.165) is 55.0 Å². The number of piperidine rings is 1. The molecule has 8 heteroatoms. The Kier molecular flexibility index (Phi) is 5.59. The standard InChI is InChI=1S/C26H29N5O2S/c1-30-13-11-18(15-30)28-24(32)23-22-21-20(10-12-27-25(21)34-23)31(26(33)29-22)19-9-5-8-17(14-19)16-6-3-2-4-7-16/h2-9,14,18,20-21,25,27H,10-13,15H2,1H3,(H,28,32)(H,29,33)/t18-,20?,21?,25?/m1/s1. The maximum Gasteiger partial charge on any atom is 0.326 e. The van der Waals surface area contributed by atoms with Gasteiger partial charge in [-0.2, -0.15) is 0 Å². The van der Waals surface area contributed by atoms with Crippen molar-refractivity contribution in [2.24, 2.45) is 5.92 Å². The lowest BCUT2D eigenvalue weighted by molar-refractivity contribution is -0.117. The number of urea groups is 1. The maximum atomic E-state index is 13.5. The van der Waals surface area contributed by atoms with E-state index in [2.05, 4.69) is 52.2 Å². The second-order valence-corrected chi connectivity index (χ2v) is 10.7. The van der Waals surface area contributed by atoms with E-state index in [9.17, 15) is 9.59 Å². The summed E-state index contributed by atoms with van der Waals surface area (Å²) in [6, 6.07) is 18.4. The molecule has 2 aromatic rings. The number of carbonyl (C=O) groups is 2. The predicted molar refractivity (Wildman–Crippen MR) is 135 cm³/mol. The lowest BCUT2D eigenvalue weighted by Crippen LogP contribution is -2.62. The highest BCUT2D eigenvalue weighted by molar-refractivity contribution is 8.04. The van der Waals surface area contributed by atoms with Crippen molar-refractivity contribution in [3.63, 3.8) is 0 Å². The van der Waals surface area contributed by atoms with Crippen molar-refractivity contribution in [2.45, 2.75) is 30.3 Å². The molecular weight excluding hydrogens is 446 g/mol. The number of amides is 3. The summed E-state index contributed by atoms with van der Waals surface area (Å²) in [5, 5.41) is 9.97. The van der Waals surface area contributed by atoms with Gasteiger partial charge >= 0.3 is 6.03 Å². The fraction of sp³-hybridized carbons (Fsp3) is 0.385. The van der Waals surface area contributed by atoms with E-state index in [1.807, 2.05) is 35.2 Å². The van der Waals surface area contributed by atoms with Crippen LogP contribution in [-0.2, 0) is 4.79 Å². The molecule has 0 saturated carbocycles. The monoisotopic (exact) mass is 475 g/mol. The van der Waals surface area contributed by atoms with Gasteiger partial charge in [0.05, 0.1) is 16.3 Å². The zero-order valence-corrected chi connectivity index (χ0v) is 20.0. The van der Waals surface area contributed by atoms with Crippen molar-refractivity contribution in [2.75, 3.05) is 31.6 Å². The molecule has 3 unspecified atom stereocenters. The number of nitrogens with zero attached hydrogens (tertiary/aromatic N) is 2. The third-order valence-corrected chi connectivity index (χ3v) is 8.66. The van der Waals surface area contributed by atoms with Gasteiger partial charge in [0.25, 0.3) is 5.91 Å². The van der Waals surface area contributed by atoms with Gasteiger partial charge in [-0.3, -0.25) is 9.69 Å². The van der Waals surface area contributed by atoms with E-state index in [-0.39, 0.29) is 35.3 Å². The highest BCUT2D eigenvalue weighted by Crippen LogP contribution is 2.48. The van der Waals surface area contributed by atoms with Crippen LogP contribution in [0.3, 0.4) is 0 Å². The normalized spacial score (nSPS) is 28.6. The largest absolute Gasteiger partial charge is 0.347 e. The van der Waals surface area contributed by atoms with E-state index in [0.29, 0.717) is 4.91 Å². The SMILES string of the molecule is CN1CC[C@@H](NC(=O)C2=C3NC(=O)N(c4cccc(-c5ccccc5)c4)C4CCNC(S2)C34)C1.